The Hall–Kier alpha value is -3.40. The summed E-state index contributed by atoms with van der Waals surface area (Å²) in [6.45, 7) is 9.68. The molecule has 3 aromatic rings. The second-order valence-electron chi connectivity index (χ2n) is 11.2. The first kappa shape index (κ1) is 25.3. The lowest BCUT2D eigenvalue weighted by molar-refractivity contribution is 0.0156. The number of piperidine rings is 1. The second kappa shape index (κ2) is 10.2. The maximum atomic E-state index is 12.6. The van der Waals surface area contributed by atoms with Gasteiger partial charge in [0.05, 0.1) is 24.4 Å². The van der Waals surface area contributed by atoms with E-state index in [-0.39, 0.29) is 12.0 Å². The Kier molecular flexibility index (Phi) is 6.94. The van der Waals surface area contributed by atoms with E-state index in [1.165, 1.54) is 11.1 Å². The Balaban J connectivity index is 1.33. The zero-order valence-electron chi connectivity index (χ0n) is 22.5. The SMILES string of the molecule is COc1cc2c(cc1Nc1ncc3cnn(C[C@@H]4CCCN(C(=O)OC(C)(C)C)C4)c3n1)CN(C)CC2. The van der Waals surface area contributed by atoms with Gasteiger partial charge in [-0.1, -0.05) is 0 Å². The number of nitrogens with one attached hydrogen (secondary N) is 1. The van der Waals surface area contributed by atoms with Gasteiger partial charge >= 0.3 is 6.09 Å². The van der Waals surface area contributed by atoms with Crippen LogP contribution in [0.4, 0.5) is 16.4 Å². The van der Waals surface area contributed by atoms with Gasteiger partial charge in [-0.05, 0) is 76.3 Å². The summed E-state index contributed by atoms with van der Waals surface area (Å²) < 4.78 is 13.2. The van der Waals surface area contributed by atoms with E-state index in [2.05, 4.69) is 39.5 Å². The number of benzene rings is 1. The molecule has 1 atom stereocenters. The van der Waals surface area contributed by atoms with Gasteiger partial charge in [-0.15, -0.1) is 0 Å². The summed E-state index contributed by atoms with van der Waals surface area (Å²) in [6.07, 6.45) is 6.32. The van der Waals surface area contributed by atoms with E-state index in [1.807, 2.05) is 30.4 Å². The number of methoxy groups -OCH3 is 1. The monoisotopic (exact) mass is 507 g/mol. The lowest BCUT2D eigenvalue weighted by Crippen LogP contribution is -2.43. The van der Waals surface area contributed by atoms with E-state index in [0.29, 0.717) is 19.0 Å². The number of likely N-dealkylation sites (N-methyl/N-ethyl adjacent to an activating group) is 1. The molecular weight excluding hydrogens is 470 g/mol. The quantitative estimate of drug-likeness (QED) is 0.548. The fraction of sp³-hybridized carbons (Fsp3) is 0.556. The Morgan fingerprint density at radius 2 is 2.03 bits per heavy atom. The zero-order chi connectivity index (χ0) is 26.2. The molecule has 198 valence electrons. The van der Waals surface area contributed by atoms with Gasteiger partial charge in [-0.25, -0.2) is 14.5 Å². The van der Waals surface area contributed by atoms with Crippen molar-refractivity contribution < 1.29 is 14.3 Å². The van der Waals surface area contributed by atoms with Crippen molar-refractivity contribution in [3.8, 4) is 5.75 Å². The minimum absolute atomic E-state index is 0.249. The first-order chi connectivity index (χ1) is 17.7. The maximum Gasteiger partial charge on any atom is 0.410 e. The summed E-state index contributed by atoms with van der Waals surface area (Å²) in [4.78, 5) is 26.0. The van der Waals surface area contributed by atoms with Gasteiger partial charge in [-0.3, -0.25) is 0 Å². The molecule has 1 fully saturated rings. The number of likely N-dealkylation sites (tertiary alicyclic amines) is 1. The van der Waals surface area contributed by atoms with Crippen molar-refractivity contribution in [2.45, 2.75) is 58.7 Å². The van der Waals surface area contributed by atoms with Gasteiger partial charge in [-0.2, -0.15) is 10.1 Å². The number of hydrogen-bond donors (Lipinski definition) is 1. The Labute approximate surface area is 218 Å². The van der Waals surface area contributed by atoms with Gasteiger partial charge in [0.25, 0.3) is 0 Å². The van der Waals surface area contributed by atoms with E-state index in [9.17, 15) is 4.79 Å². The predicted molar refractivity (Wildman–Crippen MR) is 142 cm³/mol. The van der Waals surface area contributed by atoms with Crippen molar-refractivity contribution in [2.24, 2.45) is 5.92 Å². The highest BCUT2D eigenvalue weighted by molar-refractivity contribution is 5.76. The van der Waals surface area contributed by atoms with Crippen LogP contribution in [0.1, 0.15) is 44.7 Å². The zero-order valence-corrected chi connectivity index (χ0v) is 22.5. The number of carbonyl (C=O) groups is 1. The molecule has 10 heteroatoms. The van der Waals surface area contributed by atoms with Gasteiger partial charge in [0, 0.05) is 38.9 Å². The van der Waals surface area contributed by atoms with Crippen LogP contribution in [-0.2, 0) is 24.2 Å². The molecule has 0 saturated carbocycles. The Morgan fingerprint density at radius 1 is 1.19 bits per heavy atom. The molecule has 37 heavy (non-hydrogen) atoms. The van der Waals surface area contributed by atoms with Crippen LogP contribution in [0, 0.1) is 5.92 Å². The van der Waals surface area contributed by atoms with Gasteiger partial charge in [0.1, 0.15) is 11.4 Å². The van der Waals surface area contributed by atoms with Gasteiger partial charge in [0.15, 0.2) is 5.65 Å². The number of rotatable bonds is 5. The summed E-state index contributed by atoms with van der Waals surface area (Å²) in [5, 5.41) is 8.84. The molecule has 2 aliphatic rings. The number of anilines is 2. The number of carbonyl (C=O) groups excluding carboxylic acids is 1. The first-order valence-corrected chi connectivity index (χ1v) is 13.0. The maximum absolute atomic E-state index is 12.6. The minimum Gasteiger partial charge on any atom is -0.495 e. The smallest absolute Gasteiger partial charge is 0.410 e. The largest absolute Gasteiger partial charge is 0.495 e. The number of nitrogens with zero attached hydrogens (tertiary/aromatic N) is 6. The van der Waals surface area contributed by atoms with E-state index in [4.69, 9.17) is 14.5 Å². The third-order valence-electron chi connectivity index (χ3n) is 6.95. The highest BCUT2D eigenvalue weighted by Gasteiger charge is 2.28. The molecule has 0 spiro atoms. The fourth-order valence-electron chi connectivity index (χ4n) is 5.13. The molecule has 1 N–H and O–H groups in total. The van der Waals surface area contributed by atoms with Crippen LogP contribution in [0.15, 0.2) is 24.5 Å². The van der Waals surface area contributed by atoms with Crippen molar-refractivity contribution in [3.05, 3.63) is 35.7 Å². The molecule has 1 aromatic carbocycles. The second-order valence-corrected chi connectivity index (χ2v) is 11.2. The molecule has 0 unspecified atom stereocenters. The molecule has 10 nitrogen and oxygen atoms in total. The topological polar surface area (TPSA) is 97.6 Å². The molecule has 0 aliphatic carbocycles. The molecule has 1 amide bonds. The van der Waals surface area contributed by atoms with Crippen LogP contribution in [0.2, 0.25) is 0 Å². The lowest BCUT2D eigenvalue weighted by atomic mass is 9.98. The molecule has 0 bridgehead atoms. The highest BCUT2D eigenvalue weighted by Crippen LogP contribution is 2.33. The van der Waals surface area contributed by atoms with Crippen LogP contribution in [-0.4, -0.2) is 75.0 Å². The normalized spacial score (nSPS) is 18.5. The summed E-state index contributed by atoms with van der Waals surface area (Å²) in [7, 11) is 3.82. The summed E-state index contributed by atoms with van der Waals surface area (Å²) in [5.41, 5.74) is 3.72. The summed E-state index contributed by atoms with van der Waals surface area (Å²) >= 11 is 0. The van der Waals surface area contributed by atoms with Crippen LogP contribution in [0.3, 0.4) is 0 Å². The standard InChI is InChI=1S/C27H37N7O3/c1-27(2,3)37-26(35)33-9-6-7-18(15-33)16-34-24-21(14-29-34)13-28-25(31-24)30-22-11-20-17-32(4)10-8-19(20)12-23(22)36-5/h11-14,18H,6-10,15-17H2,1-5H3,(H,28,30,31)/t18-/m1/s1. The van der Waals surface area contributed by atoms with Crippen molar-refractivity contribution in [2.75, 3.05) is 39.1 Å². The van der Waals surface area contributed by atoms with E-state index < -0.39 is 5.60 Å². The number of aromatic nitrogens is 4. The fourth-order valence-corrected chi connectivity index (χ4v) is 5.13. The third kappa shape index (κ3) is 5.79. The molecule has 5 rings (SSSR count). The van der Waals surface area contributed by atoms with E-state index >= 15 is 0 Å². The number of fused-ring (bicyclic) bond motifs is 2. The van der Waals surface area contributed by atoms with Gasteiger partial charge < -0.3 is 24.6 Å². The molecule has 2 aromatic heterocycles. The van der Waals surface area contributed by atoms with Crippen molar-refractivity contribution >= 4 is 28.8 Å². The Bertz CT molecular complexity index is 1280. The number of hydrogen-bond acceptors (Lipinski definition) is 8. The minimum atomic E-state index is -0.501. The summed E-state index contributed by atoms with van der Waals surface area (Å²) in [5.74, 6) is 1.55. The molecule has 1 saturated heterocycles. The predicted octanol–water partition coefficient (Wildman–Crippen LogP) is 4.21. The Morgan fingerprint density at radius 3 is 2.81 bits per heavy atom. The third-order valence-corrected chi connectivity index (χ3v) is 6.95. The van der Waals surface area contributed by atoms with E-state index in [0.717, 1.165) is 61.4 Å². The molecular formula is C27H37N7O3. The average Bonchev–Trinajstić information content (AvgIpc) is 3.24. The van der Waals surface area contributed by atoms with E-state index in [1.54, 1.807) is 19.5 Å². The summed E-state index contributed by atoms with van der Waals surface area (Å²) in [6, 6.07) is 4.26. The van der Waals surface area contributed by atoms with Crippen LogP contribution in [0.25, 0.3) is 11.0 Å². The van der Waals surface area contributed by atoms with Crippen LogP contribution >= 0.6 is 0 Å². The lowest BCUT2D eigenvalue weighted by Gasteiger charge is -2.34. The highest BCUT2D eigenvalue weighted by atomic mass is 16.6. The van der Waals surface area contributed by atoms with Crippen LogP contribution in [0.5, 0.6) is 5.75 Å². The molecule has 4 heterocycles. The van der Waals surface area contributed by atoms with Crippen LogP contribution < -0.4 is 10.1 Å². The number of ether oxygens (including phenoxy) is 2. The molecule has 2 aliphatic heterocycles. The first-order valence-electron chi connectivity index (χ1n) is 13.0. The van der Waals surface area contributed by atoms with Crippen molar-refractivity contribution in [1.82, 2.24) is 29.5 Å². The average molecular weight is 508 g/mol. The number of amides is 1. The van der Waals surface area contributed by atoms with Crippen molar-refractivity contribution in [1.29, 1.82) is 0 Å². The van der Waals surface area contributed by atoms with Crippen molar-refractivity contribution in [3.63, 3.8) is 0 Å². The molecule has 0 radical (unpaired) electrons. The van der Waals surface area contributed by atoms with Gasteiger partial charge in [0.2, 0.25) is 5.95 Å².